The summed E-state index contributed by atoms with van der Waals surface area (Å²) in [4.78, 5) is 2.46. The molecule has 0 amide bonds. The van der Waals surface area contributed by atoms with Gasteiger partial charge in [-0.25, -0.2) is 0 Å². The lowest BCUT2D eigenvalue weighted by molar-refractivity contribution is 0.172. The van der Waals surface area contributed by atoms with Crippen molar-refractivity contribution in [2.24, 2.45) is 0 Å². The van der Waals surface area contributed by atoms with E-state index >= 15 is 0 Å². The molecule has 1 aliphatic rings. The molecule has 0 aromatic heterocycles. The van der Waals surface area contributed by atoms with Gasteiger partial charge in [0.1, 0.15) is 12.4 Å². The van der Waals surface area contributed by atoms with E-state index in [1.165, 1.54) is 30.6 Å². The molecule has 1 aliphatic heterocycles. The van der Waals surface area contributed by atoms with Crippen LogP contribution in [0.3, 0.4) is 0 Å². The van der Waals surface area contributed by atoms with Gasteiger partial charge in [-0.3, -0.25) is 4.90 Å². The molecular weight excluding hydrogens is 314 g/mol. The molecule has 1 heterocycles. The first-order valence-electron chi connectivity index (χ1n) is 6.98. The molecule has 0 atom stereocenters. The Kier molecular flexibility index (Phi) is 4.38. The zero-order valence-electron chi connectivity index (χ0n) is 11.4. The Morgan fingerprint density at radius 1 is 1.00 bits per heavy atom. The Bertz CT molecular complexity index is 563. The van der Waals surface area contributed by atoms with E-state index in [2.05, 4.69) is 57.2 Å². The zero-order valence-corrected chi connectivity index (χ0v) is 13.0. The highest BCUT2D eigenvalue weighted by molar-refractivity contribution is 9.10. The molecule has 1 saturated heterocycles. The van der Waals surface area contributed by atoms with Gasteiger partial charge < -0.3 is 4.74 Å². The fourth-order valence-electron chi connectivity index (χ4n) is 2.28. The molecule has 0 bridgehead atoms. The van der Waals surface area contributed by atoms with Crippen molar-refractivity contribution in [2.45, 2.75) is 19.6 Å². The fourth-order valence-corrected chi connectivity index (χ4v) is 2.73. The molecule has 104 valence electrons. The van der Waals surface area contributed by atoms with Gasteiger partial charge in [0.05, 0.1) is 0 Å². The summed E-state index contributed by atoms with van der Waals surface area (Å²) >= 11 is 3.47. The molecule has 0 unspecified atom stereocenters. The molecule has 3 rings (SSSR count). The second-order valence-corrected chi connectivity index (χ2v) is 6.11. The molecule has 2 aromatic rings. The number of likely N-dealkylation sites (tertiary alicyclic amines) is 1. The van der Waals surface area contributed by atoms with E-state index in [9.17, 15) is 0 Å². The van der Waals surface area contributed by atoms with Crippen LogP contribution in [0.1, 0.15) is 17.5 Å². The number of hydrogen-bond donors (Lipinski definition) is 0. The van der Waals surface area contributed by atoms with Crippen molar-refractivity contribution in [3.63, 3.8) is 0 Å². The molecule has 1 fully saturated rings. The largest absolute Gasteiger partial charge is 0.489 e. The van der Waals surface area contributed by atoms with E-state index in [-0.39, 0.29) is 0 Å². The molecule has 0 N–H and O–H groups in total. The van der Waals surface area contributed by atoms with E-state index in [0.717, 1.165) is 16.8 Å². The summed E-state index contributed by atoms with van der Waals surface area (Å²) in [5, 5.41) is 0. The predicted octanol–water partition coefficient (Wildman–Crippen LogP) is 4.23. The van der Waals surface area contributed by atoms with Crippen LogP contribution < -0.4 is 4.74 Å². The quantitative estimate of drug-likeness (QED) is 0.812. The normalized spacial score (nSPS) is 14.8. The van der Waals surface area contributed by atoms with Gasteiger partial charge in [0, 0.05) is 11.0 Å². The lowest BCUT2D eigenvalue weighted by Crippen LogP contribution is -2.36. The number of nitrogens with zero attached hydrogens (tertiary/aromatic N) is 1. The minimum Gasteiger partial charge on any atom is -0.489 e. The lowest BCUT2D eigenvalue weighted by atomic mass is 10.1. The van der Waals surface area contributed by atoms with Crippen molar-refractivity contribution in [3.05, 3.63) is 64.1 Å². The van der Waals surface area contributed by atoms with Gasteiger partial charge in [-0.15, -0.1) is 0 Å². The lowest BCUT2D eigenvalue weighted by Gasteiger charge is -2.30. The molecule has 0 spiro atoms. The summed E-state index contributed by atoms with van der Waals surface area (Å²) < 4.78 is 6.90. The summed E-state index contributed by atoms with van der Waals surface area (Å²) in [6.07, 6.45) is 1.34. The van der Waals surface area contributed by atoms with Crippen molar-refractivity contribution in [1.29, 1.82) is 0 Å². The maximum atomic E-state index is 5.81. The minimum atomic E-state index is 0.602. The number of ether oxygens (including phenoxy) is 1. The molecule has 0 radical (unpaired) electrons. The van der Waals surface area contributed by atoms with Crippen LogP contribution in [0.2, 0.25) is 0 Å². The molecular formula is C17H18BrNO. The molecule has 0 aliphatic carbocycles. The topological polar surface area (TPSA) is 12.5 Å². The summed E-state index contributed by atoms with van der Waals surface area (Å²) in [7, 11) is 0. The third kappa shape index (κ3) is 3.62. The average Bonchev–Trinajstić information content (AvgIpc) is 2.42. The van der Waals surface area contributed by atoms with Crippen LogP contribution in [-0.2, 0) is 13.2 Å². The van der Waals surface area contributed by atoms with Crippen molar-refractivity contribution < 1.29 is 4.74 Å². The van der Waals surface area contributed by atoms with Crippen LogP contribution in [-0.4, -0.2) is 18.0 Å². The van der Waals surface area contributed by atoms with Gasteiger partial charge in [0.25, 0.3) is 0 Å². The molecule has 20 heavy (non-hydrogen) atoms. The van der Waals surface area contributed by atoms with Gasteiger partial charge in [-0.2, -0.15) is 0 Å². The fraction of sp³-hybridized carbons (Fsp3) is 0.294. The first-order valence-corrected chi connectivity index (χ1v) is 7.77. The molecule has 3 heteroatoms. The average molecular weight is 332 g/mol. The smallest absolute Gasteiger partial charge is 0.119 e. The number of rotatable bonds is 5. The SMILES string of the molecule is Brc1cccc(COc2ccc(CN3CCC3)cc2)c1. The van der Waals surface area contributed by atoms with Crippen LogP contribution in [0.5, 0.6) is 5.75 Å². The standard InChI is InChI=1S/C17H18BrNO/c18-16-4-1-3-15(11-16)13-20-17-7-5-14(6-8-17)12-19-9-2-10-19/h1,3-8,11H,2,9-10,12-13H2. The van der Waals surface area contributed by atoms with Crippen LogP contribution in [0.4, 0.5) is 0 Å². The minimum absolute atomic E-state index is 0.602. The van der Waals surface area contributed by atoms with Crippen molar-refractivity contribution in [2.75, 3.05) is 13.1 Å². The third-order valence-corrected chi connectivity index (χ3v) is 4.07. The monoisotopic (exact) mass is 331 g/mol. The second kappa shape index (κ2) is 6.42. The summed E-state index contributed by atoms with van der Waals surface area (Å²) in [5.74, 6) is 0.928. The van der Waals surface area contributed by atoms with Gasteiger partial charge >= 0.3 is 0 Å². The Morgan fingerprint density at radius 2 is 1.80 bits per heavy atom. The summed E-state index contributed by atoms with van der Waals surface area (Å²) in [5.41, 5.74) is 2.53. The predicted molar refractivity (Wildman–Crippen MR) is 84.8 cm³/mol. The Labute approximate surface area is 128 Å². The van der Waals surface area contributed by atoms with Crippen LogP contribution in [0.25, 0.3) is 0 Å². The Hall–Kier alpha value is -1.32. The molecule has 2 nitrogen and oxygen atoms in total. The van der Waals surface area contributed by atoms with Gasteiger partial charge in [0.2, 0.25) is 0 Å². The molecule has 2 aromatic carbocycles. The third-order valence-electron chi connectivity index (χ3n) is 3.57. The van der Waals surface area contributed by atoms with Crippen LogP contribution in [0.15, 0.2) is 53.0 Å². The first-order chi connectivity index (χ1) is 9.79. The highest BCUT2D eigenvalue weighted by atomic mass is 79.9. The number of hydrogen-bond acceptors (Lipinski definition) is 2. The van der Waals surface area contributed by atoms with Crippen LogP contribution >= 0.6 is 15.9 Å². The number of halogens is 1. The first kappa shape index (κ1) is 13.7. The van der Waals surface area contributed by atoms with E-state index < -0.39 is 0 Å². The zero-order chi connectivity index (χ0) is 13.8. The highest BCUT2D eigenvalue weighted by Gasteiger charge is 2.13. The van der Waals surface area contributed by atoms with E-state index in [4.69, 9.17) is 4.74 Å². The molecule has 0 saturated carbocycles. The Morgan fingerprint density at radius 3 is 2.45 bits per heavy atom. The second-order valence-electron chi connectivity index (χ2n) is 5.19. The maximum Gasteiger partial charge on any atom is 0.119 e. The van der Waals surface area contributed by atoms with E-state index in [1.54, 1.807) is 0 Å². The Balaban J connectivity index is 1.54. The van der Waals surface area contributed by atoms with Crippen molar-refractivity contribution in [3.8, 4) is 5.75 Å². The van der Waals surface area contributed by atoms with Gasteiger partial charge in [-0.1, -0.05) is 40.2 Å². The number of benzene rings is 2. The van der Waals surface area contributed by atoms with E-state index in [1.807, 2.05) is 12.1 Å². The van der Waals surface area contributed by atoms with Crippen molar-refractivity contribution in [1.82, 2.24) is 4.90 Å². The van der Waals surface area contributed by atoms with Crippen molar-refractivity contribution >= 4 is 15.9 Å². The van der Waals surface area contributed by atoms with Gasteiger partial charge in [0.15, 0.2) is 0 Å². The summed E-state index contributed by atoms with van der Waals surface area (Å²) in [6.45, 7) is 4.14. The maximum absolute atomic E-state index is 5.81. The highest BCUT2D eigenvalue weighted by Crippen LogP contribution is 2.18. The van der Waals surface area contributed by atoms with E-state index in [0.29, 0.717) is 6.61 Å². The van der Waals surface area contributed by atoms with Crippen LogP contribution in [0, 0.1) is 0 Å². The summed E-state index contributed by atoms with van der Waals surface area (Å²) in [6, 6.07) is 16.7. The van der Waals surface area contributed by atoms with Gasteiger partial charge in [-0.05, 0) is 54.9 Å².